The Morgan fingerprint density at radius 1 is 1.31 bits per heavy atom. The van der Waals surface area contributed by atoms with Crippen molar-refractivity contribution in [2.45, 2.75) is 58.5 Å². The van der Waals surface area contributed by atoms with Crippen LogP contribution in [0.1, 0.15) is 52.9 Å². The predicted octanol–water partition coefficient (Wildman–Crippen LogP) is 2.98. The second kappa shape index (κ2) is 6.02. The molecule has 0 bridgehead atoms. The maximum atomic E-state index is 11.4. The molecule has 0 amide bonds. The summed E-state index contributed by atoms with van der Waals surface area (Å²) in [5.41, 5.74) is -0.405. The number of carbonyl (C=O) groups excluding carboxylic acids is 1. The van der Waals surface area contributed by atoms with E-state index in [2.05, 4.69) is 4.99 Å². The third-order valence-corrected chi connectivity index (χ3v) is 2.61. The summed E-state index contributed by atoms with van der Waals surface area (Å²) >= 11 is 0. The highest BCUT2D eigenvalue weighted by atomic mass is 16.6. The average Bonchev–Trinajstić information content (AvgIpc) is 2.16. The van der Waals surface area contributed by atoms with Gasteiger partial charge in [-0.15, -0.1) is 0 Å². The van der Waals surface area contributed by atoms with Crippen molar-refractivity contribution in [2.24, 2.45) is 10.9 Å². The van der Waals surface area contributed by atoms with Gasteiger partial charge in [0.15, 0.2) is 0 Å². The molecule has 1 aliphatic rings. The van der Waals surface area contributed by atoms with Crippen molar-refractivity contribution < 1.29 is 9.53 Å². The van der Waals surface area contributed by atoms with E-state index in [0.29, 0.717) is 5.92 Å². The van der Waals surface area contributed by atoms with Gasteiger partial charge in [0.1, 0.15) is 12.1 Å². The summed E-state index contributed by atoms with van der Waals surface area (Å²) in [6, 6.07) is 0. The van der Waals surface area contributed by atoms with Crippen LogP contribution >= 0.6 is 0 Å². The van der Waals surface area contributed by atoms with Gasteiger partial charge in [0.25, 0.3) is 0 Å². The van der Waals surface area contributed by atoms with E-state index in [1.54, 1.807) is 0 Å². The largest absolute Gasteiger partial charge is 0.459 e. The van der Waals surface area contributed by atoms with Crippen molar-refractivity contribution in [2.75, 3.05) is 6.54 Å². The van der Waals surface area contributed by atoms with E-state index in [1.165, 1.54) is 32.1 Å². The Hall–Kier alpha value is -0.860. The molecule has 0 aliphatic heterocycles. The molecule has 3 nitrogen and oxygen atoms in total. The molecule has 0 unspecified atom stereocenters. The van der Waals surface area contributed by atoms with Gasteiger partial charge in [0.05, 0.1) is 0 Å². The van der Waals surface area contributed by atoms with Crippen LogP contribution < -0.4 is 0 Å². The summed E-state index contributed by atoms with van der Waals surface area (Å²) in [4.78, 5) is 15.5. The van der Waals surface area contributed by atoms with Crippen LogP contribution in [0.5, 0.6) is 0 Å². The van der Waals surface area contributed by atoms with Gasteiger partial charge in [-0.25, -0.2) is 0 Å². The number of rotatable bonds is 3. The lowest BCUT2D eigenvalue weighted by molar-refractivity contribution is -0.152. The van der Waals surface area contributed by atoms with Gasteiger partial charge in [-0.2, -0.15) is 0 Å². The predicted molar refractivity (Wildman–Crippen MR) is 65.8 cm³/mol. The van der Waals surface area contributed by atoms with Crippen molar-refractivity contribution in [1.29, 1.82) is 0 Å². The monoisotopic (exact) mass is 225 g/mol. The molecule has 1 rings (SSSR count). The highest BCUT2D eigenvalue weighted by Crippen LogP contribution is 2.21. The maximum Gasteiger partial charge on any atom is 0.328 e. The molecule has 0 saturated heterocycles. The third kappa shape index (κ3) is 5.89. The minimum absolute atomic E-state index is 0.160. The Morgan fingerprint density at radius 3 is 2.50 bits per heavy atom. The van der Waals surface area contributed by atoms with Crippen LogP contribution in [-0.4, -0.2) is 24.3 Å². The molecule has 92 valence electrons. The van der Waals surface area contributed by atoms with Crippen LogP contribution in [-0.2, 0) is 9.53 Å². The quantitative estimate of drug-likeness (QED) is 0.547. The average molecular weight is 225 g/mol. The normalized spacial score (nSPS) is 18.9. The number of aliphatic imine (C=N–C) groups is 1. The standard InChI is InChI=1S/C13H23NO2/c1-13(2,3)16-12(15)10-14-9-11-7-5-4-6-8-11/h9,11H,4-8,10H2,1-3H3/b14-9+. The zero-order chi connectivity index (χ0) is 12.0. The molecular weight excluding hydrogens is 202 g/mol. The molecule has 0 aromatic rings. The van der Waals surface area contributed by atoms with Crippen molar-refractivity contribution in [3.63, 3.8) is 0 Å². The minimum atomic E-state index is -0.405. The zero-order valence-corrected chi connectivity index (χ0v) is 10.7. The summed E-state index contributed by atoms with van der Waals surface area (Å²) < 4.78 is 5.17. The van der Waals surface area contributed by atoms with Crippen LogP contribution in [0.15, 0.2) is 4.99 Å². The molecule has 0 N–H and O–H groups in total. The Balaban J connectivity index is 2.22. The molecule has 0 aromatic carbocycles. The number of hydrogen-bond acceptors (Lipinski definition) is 3. The molecule has 3 heteroatoms. The van der Waals surface area contributed by atoms with Gasteiger partial charge in [-0.05, 0) is 39.5 Å². The molecule has 0 aromatic heterocycles. The van der Waals surface area contributed by atoms with Crippen LogP contribution in [0.4, 0.5) is 0 Å². The van der Waals surface area contributed by atoms with E-state index in [9.17, 15) is 4.79 Å². The Labute approximate surface area is 98.3 Å². The maximum absolute atomic E-state index is 11.4. The summed E-state index contributed by atoms with van der Waals surface area (Å²) in [5.74, 6) is 0.343. The molecule has 1 aliphatic carbocycles. The molecular formula is C13H23NO2. The van der Waals surface area contributed by atoms with Crippen LogP contribution in [0, 0.1) is 5.92 Å². The highest BCUT2D eigenvalue weighted by molar-refractivity contribution is 5.74. The highest BCUT2D eigenvalue weighted by Gasteiger charge is 2.15. The van der Waals surface area contributed by atoms with Gasteiger partial charge in [0, 0.05) is 6.21 Å². The van der Waals surface area contributed by atoms with Gasteiger partial charge in [-0.3, -0.25) is 9.79 Å². The Kier molecular flexibility index (Phi) is 4.97. The Morgan fingerprint density at radius 2 is 1.94 bits per heavy atom. The topological polar surface area (TPSA) is 38.7 Å². The smallest absolute Gasteiger partial charge is 0.328 e. The van der Waals surface area contributed by atoms with Crippen LogP contribution in [0.2, 0.25) is 0 Å². The number of hydrogen-bond donors (Lipinski definition) is 0. The van der Waals surface area contributed by atoms with Gasteiger partial charge in [-0.1, -0.05) is 19.3 Å². The SMILES string of the molecule is CC(C)(C)OC(=O)C/N=C/C1CCCCC1. The van der Waals surface area contributed by atoms with E-state index in [0.717, 1.165) is 0 Å². The van der Waals surface area contributed by atoms with E-state index >= 15 is 0 Å². The number of carbonyl (C=O) groups is 1. The fraction of sp³-hybridized carbons (Fsp3) is 0.846. The molecule has 0 atom stereocenters. The van der Waals surface area contributed by atoms with Crippen LogP contribution in [0.25, 0.3) is 0 Å². The summed E-state index contributed by atoms with van der Waals surface area (Å²) in [5, 5.41) is 0. The van der Waals surface area contributed by atoms with Crippen LogP contribution in [0.3, 0.4) is 0 Å². The second-order valence-electron chi connectivity index (χ2n) is 5.47. The lowest BCUT2D eigenvalue weighted by Crippen LogP contribution is -2.25. The first-order chi connectivity index (χ1) is 7.47. The minimum Gasteiger partial charge on any atom is -0.459 e. The second-order valence-corrected chi connectivity index (χ2v) is 5.47. The molecule has 16 heavy (non-hydrogen) atoms. The van der Waals surface area contributed by atoms with Gasteiger partial charge in [0.2, 0.25) is 0 Å². The van der Waals surface area contributed by atoms with Crippen molar-refractivity contribution in [1.82, 2.24) is 0 Å². The zero-order valence-electron chi connectivity index (χ0n) is 10.7. The fourth-order valence-corrected chi connectivity index (χ4v) is 1.93. The lowest BCUT2D eigenvalue weighted by Gasteiger charge is -2.19. The van der Waals surface area contributed by atoms with Gasteiger partial charge >= 0.3 is 5.97 Å². The van der Waals surface area contributed by atoms with E-state index < -0.39 is 5.60 Å². The fourth-order valence-electron chi connectivity index (χ4n) is 1.93. The summed E-state index contributed by atoms with van der Waals surface area (Å²) in [6.07, 6.45) is 8.32. The first-order valence-corrected chi connectivity index (χ1v) is 6.19. The first kappa shape index (κ1) is 13.2. The summed E-state index contributed by atoms with van der Waals surface area (Å²) in [7, 11) is 0. The Bertz CT molecular complexity index is 247. The van der Waals surface area contributed by atoms with Crippen molar-refractivity contribution >= 4 is 12.2 Å². The number of esters is 1. The van der Waals surface area contributed by atoms with E-state index in [4.69, 9.17) is 4.74 Å². The van der Waals surface area contributed by atoms with E-state index in [1.807, 2.05) is 27.0 Å². The molecule has 0 heterocycles. The number of ether oxygens (including phenoxy) is 1. The van der Waals surface area contributed by atoms with Crippen molar-refractivity contribution in [3.05, 3.63) is 0 Å². The van der Waals surface area contributed by atoms with E-state index in [-0.39, 0.29) is 12.5 Å². The third-order valence-electron chi connectivity index (χ3n) is 2.61. The summed E-state index contributed by atoms with van der Waals surface area (Å²) in [6.45, 7) is 5.77. The van der Waals surface area contributed by atoms with Crippen molar-refractivity contribution in [3.8, 4) is 0 Å². The number of nitrogens with zero attached hydrogens (tertiary/aromatic N) is 1. The lowest BCUT2D eigenvalue weighted by atomic mass is 9.90. The molecule has 1 fully saturated rings. The van der Waals surface area contributed by atoms with Gasteiger partial charge < -0.3 is 4.74 Å². The molecule has 1 saturated carbocycles. The molecule has 0 radical (unpaired) electrons. The molecule has 0 spiro atoms. The first-order valence-electron chi connectivity index (χ1n) is 6.19.